The lowest BCUT2D eigenvalue weighted by Crippen LogP contribution is -2.16. The Morgan fingerprint density at radius 2 is 2.07 bits per heavy atom. The van der Waals surface area contributed by atoms with Crippen LogP contribution in [0.5, 0.6) is 0 Å². The largest absolute Gasteiger partial charge is 0.478 e. The average Bonchev–Trinajstić information content (AvgIpc) is 2.30. The highest BCUT2D eigenvalue weighted by Gasteiger charge is 2.09. The standard InChI is InChI=1S/C11H10N2O2/c14-11(15)9-4-2-8(3-5-9)10-12-6-1-7-13-10/h1-7,10,12H,(H,14,15)/t10-/m0/s1. The number of nitrogens with zero attached hydrogens (tertiary/aromatic N) is 1. The molecule has 1 aliphatic rings. The maximum atomic E-state index is 10.6. The molecule has 1 aliphatic heterocycles. The molecule has 4 nitrogen and oxygen atoms in total. The number of hydrogen-bond donors (Lipinski definition) is 2. The van der Waals surface area contributed by atoms with Crippen LogP contribution < -0.4 is 5.32 Å². The van der Waals surface area contributed by atoms with Crippen molar-refractivity contribution >= 4 is 12.2 Å². The molecule has 2 rings (SSSR count). The number of aromatic carboxylic acids is 1. The van der Waals surface area contributed by atoms with Gasteiger partial charge in [-0.25, -0.2) is 4.79 Å². The first-order chi connectivity index (χ1) is 7.27. The van der Waals surface area contributed by atoms with Gasteiger partial charge in [0.2, 0.25) is 0 Å². The van der Waals surface area contributed by atoms with Crippen molar-refractivity contribution in [3.63, 3.8) is 0 Å². The van der Waals surface area contributed by atoms with E-state index in [0.717, 1.165) is 5.56 Å². The molecular weight excluding hydrogens is 192 g/mol. The lowest BCUT2D eigenvalue weighted by Gasteiger charge is -2.15. The minimum Gasteiger partial charge on any atom is -0.478 e. The number of carbonyl (C=O) groups is 1. The molecule has 76 valence electrons. The molecule has 1 aromatic rings. The van der Waals surface area contributed by atoms with Crippen LogP contribution >= 0.6 is 0 Å². The van der Waals surface area contributed by atoms with Crippen LogP contribution in [0.2, 0.25) is 0 Å². The summed E-state index contributed by atoms with van der Waals surface area (Å²) in [7, 11) is 0. The average molecular weight is 202 g/mol. The molecule has 0 unspecified atom stereocenters. The molecule has 0 fully saturated rings. The van der Waals surface area contributed by atoms with E-state index in [9.17, 15) is 4.79 Å². The van der Waals surface area contributed by atoms with E-state index in [-0.39, 0.29) is 11.7 Å². The van der Waals surface area contributed by atoms with Crippen molar-refractivity contribution in [2.75, 3.05) is 0 Å². The van der Waals surface area contributed by atoms with Gasteiger partial charge in [0.15, 0.2) is 0 Å². The van der Waals surface area contributed by atoms with Crippen molar-refractivity contribution in [2.24, 2.45) is 4.99 Å². The van der Waals surface area contributed by atoms with Crippen LogP contribution in [-0.4, -0.2) is 17.3 Å². The summed E-state index contributed by atoms with van der Waals surface area (Å²) in [4.78, 5) is 14.8. The van der Waals surface area contributed by atoms with E-state index in [4.69, 9.17) is 5.11 Å². The monoisotopic (exact) mass is 202 g/mol. The molecule has 0 radical (unpaired) electrons. The van der Waals surface area contributed by atoms with E-state index in [2.05, 4.69) is 10.3 Å². The Bertz CT molecular complexity index is 421. The second kappa shape index (κ2) is 3.96. The summed E-state index contributed by atoms with van der Waals surface area (Å²) >= 11 is 0. The first-order valence-corrected chi connectivity index (χ1v) is 4.55. The summed E-state index contributed by atoms with van der Waals surface area (Å²) in [5.74, 6) is -0.915. The minimum absolute atomic E-state index is 0.113. The summed E-state index contributed by atoms with van der Waals surface area (Å²) in [6, 6.07) is 6.68. The van der Waals surface area contributed by atoms with Gasteiger partial charge in [-0.3, -0.25) is 4.99 Å². The molecule has 1 atom stereocenters. The normalized spacial score (nSPS) is 18.5. The number of carboxylic acid groups (broad SMARTS) is 1. The van der Waals surface area contributed by atoms with Crippen LogP contribution in [0.3, 0.4) is 0 Å². The first-order valence-electron chi connectivity index (χ1n) is 4.55. The van der Waals surface area contributed by atoms with Gasteiger partial charge in [0, 0.05) is 6.21 Å². The number of allylic oxidation sites excluding steroid dienone is 1. The minimum atomic E-state index is -0.915. The van der Waals surface area contributed by atoms with Crippen molar-refractivity contribution in [1.29, 1.82) is 0 Å². The van der Waals surface area contributed by atoms with Crippen LogP contribution in [0, 0.1) is 0 Å². The zero-order valence-electron chi connectivity index (χ0n) is 7.92. The predicted molar refractivity (Wildman–Crippen MR) is 56.9 cm³/mol. The molecule has 0 amide bonds. The summed E-state index contributed by atoms with van der Waals surface area (Å²) in [5, 5.41) is 11.8. The number of nitrogens with one attached hydrogen (secondary N) is 1. The van der Waals surface area contributed by atoms with Gasteiger partial charge in [0.1, 0.15) is 6.17 Å². The van der Waals surface area contributed by atoms with Gasteiger partial charge in [0.25, 0.3) is 0 Å². The molecule has 1 aromatic carbocycles. The Balaban J connectivity index is 2.20. The van der Waals surface area contributed by atoms with Crippen molar-refractivity contribution in [3.8, 4) is 0 Å². The number of rotatable bonds is 2. The Hall–Kier alpha value is -2.10. The molecular formula is C11H10N2O2. The van der Waals surface area contributed by atoms with Gasteiger partial charge >= 0.3 is 5.97 Å². The van der Waals surface area contributed by atoms with Gasteiger partial charge in [-0.1, -0.05) is 12.1 Å². The third-order valence-corrected chi connectivity index (χ3v) is 2.14. The molecule has 1 heterocycles. The molecule has 0 aromatic heterocycles. The summed E-state index contributed by atoms with van der Waals surface area (Å²) < 4.78 is 0. The second-order valence-corrected chi connectivity index (χ2v) is 3.15. The van der Waals surface area contributed by atoms with Crippen LogP contribution in [0.4, 0.5) is 0 Å². The lowest BCUT2D eigenvalue weighted by molar-refractivity contribution is 0.0697. The number of benzene rings is 1. The summed E-state index contributed by atoms with van der Waals surface area (Å²) in [5.41, 5.74) is 1.23. The van der Waals surface area contributed by atoms with Gasteiger partial charge in [-0.15, -0.1) is 0 Å². The Kier molecular flexibility index (Phi) is 2.49. The molecule has 0 saturated heterocycles. The van der Waals surface area contributed by atoms with Crippen molar-refractivity contribution in [3.05, 3.63) is 47.7 Å². The maximum Gasteiger partial charge on any atom is 0.335 e. The first kappa shape index (κ1) is 9.45. The van der Waals surface area contributed by atoms with E-state index in [1.165, 1.54) is 0 Å². The fourth-order valence-corrected chi connectivity index (χ4v) is 1.36. The molecule has 2 N–H and O–H groups in total. The van der Waals surface area contributed by atoms with Gasteiger partial charge in [0.05, 0.1) is 5.56 Å². The van der Waals surface area contributed by atoms with Crippen LogP contribution in [-0.2, 0) is 0 Å². The zero-order chi connectivity index (χ0) is 10.7. The number of carboxylic acids is 1. The van der Waals surface area contributed by atoms with Crippen molar-refractivity contribution in [1.82, 2.24) is 5.32 Å². The number of hydrogen-bond acceptors (Lipinski definition) is 3. The SMILES string of the molecule is O=C(O)c1ccc([C@@H]2N=CC=CN2)cc1. The highest BCUT2D eigenvalue weighted by Crippen LogP contribution is 2.16. The van der Waals surface area contributed by atoms with Crippen LogP contribution in [0.25, 0.3) is 0 Å². The molecule has 15 heavy (non-hydrogen) atoms. The fraction of sp³-hybridized carbons (Fsp3) is 0.0909. The molecule has 4 heteroatoms. The molecule has 0 bridgehead atoms. The zero-order valence-corrected chi connectivity index (χ0v) is 7.92. The van der Waals surface area contributed by atoms with Crippen molar-refractivity contribution in [2.45, 2.75) is 6.17 Å². The third-order valence-electron chi connectivity index (χ3n) is 2.14. The third kappa shape index (κ3) is 2.04. The lowest BCUT2D eigenvalue weighted by atomic mass is 10.1. The highest BCUT2D eigenvalue weighted by molar-refractivity contribution is 5.87. The Labute approximate surface area is 87.0 Å². The number of aliphatic imine (C=N–C) groups is 1. The van der Waals surface area contributed by atoms with Crippen molar-refractivity contribution < 1.29 is 9.90 Å². The highest BCUT2D eigenvalue weighted by atomic mass is 16.4. The van der Waals surface area contributed by atoms with E-state index in [1.54, 1.807) is 30.5 Å². The van der Waals surface area contributed by atoms with E-state index in [0.29, 0.717) is 0 Å². The van der Waals surface area contributed by atoms with E-state index >= 15 is 0 Å². The Morgan fingerprint density at radius 1 is 1.33 bits per heavy atom. The van der Waals surface area contributed by atoms with Crippen LogP contribution in [0.1, 0.15) is 22.1 Å². The quantitative estimate of drug-likeness (QED) is 0.765. The fourth-order valence-electron chi connectivity index (χ4n) is 1.36. The van der Waals surface area contributed by atoms with Gasteiger partial charge in [-0.05, 0) is 30.0 Å². The Morgan fingerprint density at radius 3 is 2.60 bits per heavy atom. The maximum absolute atomic E-state index is 10.6. The molecule has 0 saturated carbocycles. The smallest absolute Gasteiger partial charge is 0.335 e. The van der Waals surface area contributed by atoms with E-state index < -0.39 is 5.97 Å². The summed E-state index contributed by atoms with van der Waals surface area (Å²) in [6.07, 6.45) is 5.22. The van der Waals surface area contributed by atoms with Crippen LogP contribution in [0.15, 0.2) is 41.5 Å². The molecule has 0 aliphatic carbocycles. The predicted octanol–water partition coefficient (Wildman–Crippen LogP) is 1.57. The second-order valence-electron chi connectivity index (χ2n) is 3.15. The van der Waals surface area contributed by atoms with Gasteiger partial charge < -0.3 is 10.4 Å². The summed E-state index contributed by atoms with van der Waals surface area (Å²) in [6.45, 7) is 0. The molecule has 0 spiro atoms. The topological polar surface area (TPSA) is 61.7 Å². The van der Waals surface area contributed by atoms with E-state index in [1.807, 2.05) is 12.3 Å². The van der Waals surface area contributed by atoms with Gasteiger partial charge in [-0.2, -0.15) is 0 Å².